The molecule has 0 radical (unpaired) electrons. The largest absolute Gasteiger partial charge is 0.358 e. The van der Waals surface area contributed by atoms with E-state index in [1.165, 1.54) is 22.2 Å². The summed E-state index contributed by atoms with van der Waals surface area (Å²) in [6.45, 7) is 10.5. The van der Waals surface area contributed by atoms with Crippen LogP contribution in [0.4, 0.5) is 0 Å². The van der Waals surface area contributed by atoms with Crippen molar-refractivity contribution in [3.05, 3.63) is 48.2 Å². The summed E-state index contributed by atoms with van der Waals surface area (Å²) in [5.74, 6) is 0. The fourth-order valence-electron chi connectivity index (χ4n) is 3.09. The van der Waals surface area contributed by atoms with Crippen molar-refractivity contribution in [2.24, 2.45) is 0 Å². The molecule has 2 N–H and O–H groups in total. The monoisotopic (exact) mass is 255 g/mol. The van der Waals surface area contributed by atoms with E-state index in [9.17, 15) is 0 Å². The van der Waals surface area contributed by atoms with Crippen LogP contribution in [0.15, 0.2) is 36.9 Å². The number of para-hydroxylation sites is 1. The summed E-state index contributed by atoms with van der Waals surface area (Å²) < 4.78 is 0. The van der Waals surface area contributed by atoms with Crippen molar-refractivity contribution in [2.75, 3.05) is 26.2 Å². The molecule has 0 amide bonds. The van der Waals surface area contributed by atoms with E-state index >= 15 is 0 Å². The molecule has 0 saturated carbocycles. The number of aromatic nitrogens is 1. The number of hydrogen-bond acceptors (Lipinski definition) is 2. The van der Waals surface area contributed by atoms with Crippen molar-refractivity contribution in [1.29, 1.82) is 0 Å². The molecule has 100 valence electrons. The van der Waals surface area contributed by atoms with Gasteiger partial charge >= 0.3 is 0 Å². The molecule has 1 aliphatic rings. The Morgan fingerprint density at radius 2 is 2.00 bits per heavy atom. The summed E-state index contributed by atoms with van der Waals surface area (Å²) in [6.07, 6.45) is 2.08. The van der Waals surface area contributed by atoms with Crippen LogP contribution >= 0.6 is 0 Å². The van der Waals surface area contributed by atoms with Crippen molar-refractivity contribution >= 4 is 10.9 Å². The first-order valence-corrected chi connectivity index (χ1v) is 6.96. The quantitative estimate of drug-likeness (QED) is 0.826. The average Bonchev–Trinajstić information content (AvgIpc) is 2.78. The Labute approximate surface area is 114 Å². The Hall–Kier alpha value is -1.58. The van der Waals surface area contributed by atoms with Gasteiger partial charge in [0.2, 0.25) is 0 Å². The van der Waals surface area contributed by atoms with E-state index in [1.807, 2.05) is 0 Å². The number of hydrogen-bond donors (Lipinski definition) is 2. The molecule has 1 saturated heterocycles. The predicted molar refractivity (Wildman–Crippen MR) is 80.4 cm³/mol. The summed E-state index contributed by atoms with van der Waals surface area (Å²) in [5.41, 5.74) is 3.86. The number of aryl methyl sites for hydroxylation is 1. The molecular weight excluding hydrogens is 234 g/mol. The Morgan fingerprint density at radius 3 is 2.74 bits per heavy atom. The normalized spacial score (nSPS) is 18.6. The summed E-state index contributed by atoms with van der Waals surface area (Å²) in [5, 5.41) is 4.73. The van der Waals surface area contributed by atoms with Crippen LogP contribution in [0.1, 0.15) is 17.3 Å². The van der Waals surface area contributed by atoms with E-state index in [0.29, 0.717) is 6.04 Å². The first kappa shape index (κ1) is 12.5. The molecule has 0 unspecified atom stereocenters. The Morgan fingerprint density at radius 1 is 1.26 bits per heavy atom. The van der Waals surface area contributed by atoms with Crippen molar-refractivity contribution in [3.63, 3.8) is 0 Å². The molecule has 0 aliphatic carbocycles. The third-order valence-corrected chi connectivity index (χ3v) is 4.01. The van der Waals surface area contributed by atoms with Crippen molar-refractivity contribution in [2.45, 2.75) is 13.0 Å². The number of aromatic amines is 1. The zero-order valence-corrected chi connectivity index (χ0v) is 11.4. The second-order valence-corrected chi connectivity index (χ2v) is 5.18. The second-order valence-electron chi connectivity index (χ2n) is 5.18. The highest BCUT2D eigenvalue weighted by molar-refractivity contribution is 5.85. The topological polar surface area (TPSA) is 31.1 Å². The molecule has 3 rings (SSSR count). The summed E-state index contributed by atoms with van der Waals surface area (Å²) in [6, 6.07) is 8.84. The van der Waals surface area contributed by atoms with E-state index in [0.717, 1.165) is 26.2 Å². The number of rotatable bonds is 3. The molecule has 0 spiro atoms. The van der Waals surface area contributed by atoms with Gasteiger partial charge in [-0.15, -0.1) is 6.58 Å². The van der Waals surface area contributed by atoms with Gasteiger partial charge in [0.1, 0.15) is 0 Å². The minimum absolute atomic E-state index is 0.304. The summed E-state index contributed by atoms with van der Waals surface area (Å²) >= 11 is 0. The maximum absolute atomic E-state index is 4.06. The van der Waals surface area contributed by atoms with Crippen LogP contribution in [0, 0.1) is 6.92 Å². The molecule has 1 aliphatic heterocycles. The van der Waals surface area contributed by atoms with Crippen LogP contribution in [0.2, 0.25) is 0 Å². The van der Waals surface area contributed by atoms with Crippen LogP contribution in [0.3, 0.4) is 0 Å². The minimum Gasteiger partial charge on any atom is -0.358 e. The van der Waals surface area contributed by atoms with Crippen molar-refractivity contribution in [1.82, 2.24) is 15.2 Å². The highest BCUT2D eigenvalue weighted by atomic mass is 15.2. The van der Waals surface area contributed by atoms with Gasteiger partial charge in [-0.3, -0.25) is 4.90 Å². The number of piperazine rings is 1. The lowest BCUT2D eigenvalue weighted by Gasteiger charge is -2.33. The predicted octanol–water partition coefficient (Wildman–Crippen LogP) is 2.61. The molecule has 2 heterocycles. The SMILES string of the molecule is C=C[C@@H](c1c(C)[nH]c2ccccc12)N1CCNCC1. The van der Waals surface area contributed by atoms with Gasteiger partial charge in [-0.1, -0.05) is 24.3 Å². The third kappa shape index (κ3) is 2.20. The molecule has 0 bridgehead atoms. The van der Waals surface area contributed by atoms with E-state index in [4.69, 9.17) is 0 Å². The maximum Gasteiger partial charge on any atom is 0.0553 e. The fraction of sp³-hybridized carbons (Fsp3) is 0.375. The molecule has 2 aromatic rings. The van der Waals surface area contributed by atoms with Crippen LogP contribution in [0.25, 0.3) is 10.9 Å². The first-order valence-electron chi connectivity index (χ1n) is 6.96. The smallest absolute Gasteiger partial charge is 0.0553 e. The van der Waals surface area contributed by atoms with Crippen molar-refractivity contribution < 1.29 is 0 Å². The van der Waals surface area contributed by atoms with Crippen LogP contribution in [0.5, 0.6) is 0 Å². The standard InChI is InChI=1S/C16H21N3/c1-3-15(19-10-8-17-9-11-19)16-12(2)18-14-7-5-4-6-13(14)16/h3-7,15,17-18H,1,8-11H2,2H3/t15-/m0/s1. The van der Waals surface area contributed by atoms with E-state index in [2.05, 4.69) is 59.0 Å². The number of nitrogens with one attached hydrogen (secondary N) is 2. The van der Waals surface area contributed by atoms with Crippen LogP contribution in [-0.4, -0.2) is 36.1 Å². The summed E-state index contributed by atoms with van der Waals surface area (Å²) in [4.78, 5) is 6.00. The number of fused-ring (bicyclic) bond motifs is 1. The van der Waals surface area contributed by atoms with E-state index < -0.39 is 0 Å². The Bertz CT molecular complexity index is 579. The molecule has 1 atom stereocenters. The molecule has 3 heteroatoms. The highest BCUT2D eigenvalue weighted by Gasteiger charge is 2.23. The lowest BCUT2D eigenvalue weighted by molar-refractivity contribution is 0.204. The van der Waals surface area contributed by atoms with Gasteiger partial charge in [-0.2, -0.15) is 0 Å². The third-order valence-electron chi connectivity index (χ3n) is 4.01. The molecular formula is C16H21N3. The highest BCUT2D eigenvalue weighted by Crippen LogP contribution is 2.32. The van der Waals surface area contributed by atoms with Gasteiger partial charge in [0.15, 0.2) is 0 Å². The van der Waals surface area contributed by atoms with Crippen molar-refractivity contribution in [3.8, 4) is 0 Å². The zero-order valence-electron chi connectivity index (χ0n) is 11.4. The minimum atomic E-state index is 0.304. The number of benzene rings is 1. The van der Waals surface area contributed by atoms with Crippen LogP contribution < -0.4 is 5.32 Å². The average molecular weight is 255 g/mol. The molecule has 1 aromatic heterocycles. The fourth-order valence-corrected chi connectivity index (χ4v) is 3.09. The van der Waals surface area contributed by atoms with Gasteiger partial charge in [-0.05, 0) is 13.0 Å². The first-order chi connectivity index (χ1) is 9.31. The Kier molecular flexibility index (Phi) is 3.40. The lowest BCUT2D eigenvalue weighted by Crippen LogP contribution is -2.44. The number of H-pyrrole nitrogens is 1. The molecule has 1 aromatic carbocycles. The second kappa shape index (κ2) is 5.19. The van der Waals surface area contributed by atoms with E-state index in [1.54, 1.807) is 0 Å². The van der Waals surface area contributed by atoms with E-state index in [-0.39, 0.29) is 0 Å². The van der Waals surface area contributed by atoms with Gasteiger partial charge < -0.3 is 10.3 Å². The molecule has 1 fully saturated rings. The van der Waals surface area contributed by atoms with Gasteiger partial charge in [0.25, 0.3) is 0 Å². The Balaban J connectivity index is 2.05. The number of nitrogens with zero attached hydrogens (tertiary/aromatic N) is 1. The van der Waals surface area contributed by atoms with Gasteiger partial charge in [0.05, 0.1) is 6.04 Å². The maximum atomic E-state index is 4.06. The lowest BCUT2D eigenvalue weighted by atomic mass is 10.0. The molecule has 19 heavy (non-hydrogen) atoms. The zero-order chi connectivity index (χ0) is 13.2. The van der Waals surface area contributed by atoms with Crippen LogP contribution in [-0.2, 0) is 0 Å². The van der Waals surface area contributed by atoms with Gasteiger partial charge in [0, 0.05) is 48.3 Å². The summed E-state index contributed by atoms with van der Waals surface area (Å²) in [7, 11) is 0. The molecule has 3 nitrogen and oxygen atoms in total. The van der Waals surface area contributed by atoms with Gasteiger partial charge in [-0.25, -0.2) is 0 Å².